The van der Waals surface area contributed by atoms with E-state index < -0.39 is 0 Å². The Balaban J connectivity index is 0.00000264. The molecule has 128 valence electrons. The molecule has 0 saturated carbocycles. The van der Waals surface area contributed by atoms with Crippen molar-refractivity contribution in [2.45, 2.75) is 20.8 Å². The average molecular weight is 340 g/mol. The number of amides is 2. The van der Waals surface area contributed by atoms with Gasteiger partial charge >= 0.3 is 6.03 Å². The first-order chi connectivity index (χ1) is 10.6. The summed E-state index contributed by atoms with van der Waals surface area (Å²) in [6.45, 7) is 10.2. The zero-order chi connectivity index (χ0) is 16.1. The lowest BCUT2D eigenvalue weighted by atomic mass is 10.1. The van der Waals surface area contributed by atoms with Crippen molar-refractivity contribution in [2.75, 3.05) is 44.2 Å². The molecule has 0 bridgehead atoms. The van der Waals surface area contributed by atoms with Crippen molar-refractivity contribution in [2.24, 2.45) is 0 Å². The maximum absolute atomic E-state index is 12.3. The largest absolute Gasteiger partial charge is 0.368 e. The molecule has 1 aliphatic rings. The van der Waals surface area contributed by atoms with Gasteiger partial charge in [0.1, 0.15) is 0 Å². The molecule has 1 aliphatic heterocycles. The summed E-state index contributed by atoms with van der Waals surface area (Å²) in [6, 6.07) is 7.84. The number of hydrogen-bond acceptors (Lipinski definition) is 3. The van der Waals surface area contributed by atoms with Gasteiger partial charge in [0.2, 0.25) is 0 Å². The fraction of sp³-hybridized carbons (Fsp3) is 0.529. The van der Waals surface area contributed by atoms with Crippen molar-refractivity contribution in [3.63, 3.8) is 0 Å². The molecule has 1 aromatic carbocycles. The Hall–Kier alpha value is -1.75. The average Bonchev–Trinajstić information content (AvgIpc) is 2.56. The van der Waals surface area contributed by atoms with Gasteiger partial charge in [-0.1, -0.05) is 0 Å². The van der Waals surface area contributed by atoms with E-state index in [1.807, 2.05) is 47.9 Å². The summed E-state index contributed by atoms with van der Waals surface area (Å²) in [7, 11) is 0. The van der Waals surface area contributed by atoms with E-state index in [4.69, 9.17) is 0 Å². The number of halogens is 1. The number of carbonyl (C=O) groups is 2. The van der Waals surface area contributed by atoms with Crippen LogP contribution < -0.4 is 4.90 Å². The Morgan fingerprint density at radius 3 is 1.96 bits per heavy atom. The molecule has 6 heteroatoms. The quantitative estimate of drug-likeness (QED) is 0.792. The van der Waals surface area contributed by atoms with Gasteiger partial charge in [-0.2, -0.15) is 0 Å². The van der Waals surface area contributed by atoms with Gasteiger partial charge in [-0.05, 0) is 45.0 Å². The molecule has 1 aromatic rings. The highest BCUT2D eigenvalue weighted by Crippen LogP contribution is 2.18. The second-order valence-electron chi connectivity index (χ2n) is 5.53. The van der Waals surface area contributed by atoms with Gasteiger partial charge in [0.05, 0.1) is 0 Å². The Bertz CT molecular complexity index is 521. The van der Waals surface area contributed by atoms with E-state index in [2.05, 4.69) is 4.90 Å². The molecule has 2 amide bonds. The standard InChI is InChI=1S/C17H25N3O2.ClH/c1-4-18(5-2)17(22)20-12-10-19(11-13-20)16-8-6-15(7-9-16)14(3)21;/h6-9H,4-5,10-13H2,1-3H3;1H. The van der Waals surface area contributed by atoms with E-state index >= 15 is 0 Å². The van der Waals surface area contributed by atoms with Gasteiger partial charge in [0, 0.05) is 50.5 Å². The molecule has 0 atom stereocenters. The highest BCUT2D eigenvalue weighted by atomic mass is 35.5. The summed E-state index contributed by atoms with van der Waals surface area (Å²) in [4.78, 5) is 29.7. The molecule has 0 unspecified atom stereocenters. The van der Waals surface area contributed by atoms with Crippen LogP contribution in [0.25, 0.3) is 0 Å². The Morgan fingerprint density at radius 2 is 1.52 bits per heavy atom. The van der Waals surface area contributed by atoms with Crippen LogP contribution in [0.15, 0.2) is 24.3 Å². The number of ketones is 1. The van der Waals surface area contributed by atoms with Crippen LogP contribution in [-0.4, -0.2) is 60.9 Å². The minimum atomic E-state index is 0. The lowest BCUT2D eigenvalue weighted by Crippen LogP contribution is -2.52. The lowest BCUT2D eigenvalue weighted by molar-refractivity contribution is 0.101. The van der Waals surface area contributed by atoms with Gasteiger partial charge in [-0.3, -0.25) is 4.79 Å². The molecular formula is C17H26ClN3O2. The monoisotopic (exact) mass is 339 g/mol. The number of rotatable bonds is 4. The van der Waals surface area contributed by atoms with E-state index in [-0.39, 0.29) is 24.2 Å². The van der Waals surface area contributed by atoms with Crippen molar-refractivity contribution in [3.05, 3.63) is 29.8 Å². The predicted molar refractivity (Wildman–Crippen MR) is 95.8 cm³/mol. The van der Waals surface area contributed by atoms with Gasteiger partial charge in [0.15, 0.2) is 5.78 Å². The van der Waals surface area contributed by atoms with Gasteiger partial charge in [-0.15, -0.1) is 12.4 Å². The first-order valence-electron chi connectivity index (χ1n) is 7.96. The topological polar surface area (TPSA) is 43.9 Å². The summed E-state index contributed by atoms with van der Waals surface area (Å²) >= 11 is 0. The Morgan fingerprint density at radius 1 is 1.00 bits per heavy atom. The number of carbonyl (C=O) groups excluding carboxylic acids is 2. The first-order valence-corrected chi connectivity index (χ1v) is 7.96. The van der Waals surface area contributed by atoms with Crippen molar-refractivity contribution < 1.29 is 9.59 Å². The summed E-state index contributed by atoms with van der Waals surface area (Å²) in [5, 5.41) is 0. The smallest absolute Gasteiger partial charge is 0.320 e. The van der Waals surface area contributed by atoms with Crippen molar-refractivity contribution >= 4 is 29.9 Å². The number of piperazine rings is 1. The number of nitrogens with zero attached hydrogens (tertiary/aromatic N) is 3. The van der Waals surface area contributed by atoms with Crippen molar-refractivity contribution in [1.82, 2.24) is 9.80 Å². The normalized spacial score (nSPS) is 14.2. The van der Waals surface area contributed by atoms with Crippen LogP contribution in [-0.2, 0) is 0 Å². The van der Waals surface area contributed by atoms with Crippen molar-refractivity contribution in [1.29, 1.82) is 0 Å². The first kappa shape index (κ1) is 19.3. The highest BCUT2D eigenvalue weighted by Gasteiger charge is 2.23. The van der Waals surface area contributed by atoms with E-state index in [9.17, 15) is 9.59 Å². The number of Topliss-reactive ketones (excluding diaryl/α,β-unsaturated/α-hetero) is 1. The van der Waals surface area contributed by atoms with Crippen molar-refractivity contribution in [3.8, 4) is 0 Å². The third kappa shape index (κ3) is 4.61. The minimum absolute atomic E-state index is 0. The molecule has 0 N–H and O–H groups in total. The third-order valence-corrected chi connectivity index (χ3v) is 4.22. The molecule has 2 rings (SSSR count). The maximum Gasteiger partial charge on any atom is 0.320 e. The molecule has 1 saturated heterocycles. The van der Waals surface area contributed by atoms with E-state index in [1.54, 1.807) is 6.92 Å². The molecular weight excluding hydrogens is 314 g/mol. The summed E-state index contributed by atoms with van der Waals surface area (Å²) < 4.78 is 0. The van der Waals surface area contributed by atoms with Crippen LogP contribution in [0.5, 0.6) is 0 Å². The number of hydrogen-bond donors (Lipinski definition) is 0. The van der Waals surface area contributed by atoms with Crippen LogP contribution in [0.1, 0.15) is 31.1 Å². The zero-order valence-electron chi connectivity index (χ0n) is 14.1. The second kappa shape index (κ2) is 8.77. The zero-order valence-corrected chi connectivity index (χ0v) is 14.9. The van der Waals surface area contributed by atoms with Crippen LogP contribution >= 0.6 is 12.4 Å². The molecule has 23 heavy (non-hydrogen) atoms. The van der Waals surface area contributed by atoms with Gasteiger partial charge in [-0.25, -0.2) is 4.79 Å². The molecule has 1 heterocycles. The van der Waals surface area contributed by atoms with E-state index in [0.717, 1.165) is 50.5 Å². The minimum Gasteiger partial charge on any atom is -0.368 e. The fourth-order valence-corrected chi connectivity index (χ4v) is 2.76. The molecule has 0 radical (unpaired) electrons. The van der Waals surface area contributed by atoms with E-state index in [1.165, 1.54) is 0 Å². The molecule has 5 nitrogen and oxygen atoms in total. The van der Waals surface area contributed by atoms with Crippen LogP contribution in [0.2, 0.25) is 0 Å². The molecule has 0 spiro atoms. The molecule has 1 fully saturated rings. The Labute approximate surface area is 144 Å². The van der Waals surface area contributed by atoms with Gasteiger partial charge < -0.3 is 14.7 Å². The lowest BCUT2D eigenvalue weighted by Gasteiger charge is -2.38. The SMILES string of the molecule is CCN(CC)C(=O)N1CCN(c2ccc(C(C)=O)cc2)CC1.Cl. The van der Waals surface area contributed by atoms with Crippen LogP contribution in [0, 0.1) is 0 Å². The van der Waals surface area contributed by atoms with E-state index in [0.29, 0.717) is 0 Å². The number of urea groups is 1. The summed E-state index contributed by atoms with van der Waals surface area (Å²) in [5.74, 6) is 0.0844. The maximum atomic E-state index is 12.3. The van der Waals surface area contributed by atoms with Gasteiger partial charge in [0.25, 0.3) is 0 Å². The predicted octanol–water partition coefficient (Wildman–Crippen LogP) is 2.89. The second-order valence-corrected chi connectivity index (χ2v) is 5.53. The summed E-state index contributed by atoms with van der Waals surface area (Å²) in [5.41, 5.74) is 1.85. The van der Waals surface area contributed by atoms with Crippen LogP contribution in [0.4, 0.5) is 10.5 Å². The summed E-state index contributed by atoms with van der Waals surface area (Å²) in [6.07, 6.45) is 0. The number of anilines is 1. The number of benzene rings is 1. The third-order valence-electron chi connectivity index (χ3n) is 4.22. The fourth-order valence-electron chi connectivity index (χ4n) is 2.76. The highest BCUT2D eigenvalue weighted by molar-refractivity contribution is 5.94. The molecule has 0 aliphatic carbocycles. The Kier molecular flexibility index (Phi) is 7.36. The van der Waals surface area contributed by atoms with Crippen LogP contribution in [0.3, 0.4) is 0 Å². The molecule has 0 aromatic heterocycles.